The molecule has 1 aliphatic rings. The molecule has 1 fully saturated rings. The van der Waals surface area contributed by atoms with Crippen molar-refractivity contribution in [3.05, 3.63) is 42.2 Å². The molecule has 2 heterocycles. The van der Waals surface area contributed by atoms with Gasteiger partial charge >= 0.3 is 0 Å². The normalized spacial score (nSPS) is 17.5. The van der Waals surface area contributed by atoms with E-state index in [1.807, 2.05) is 35.1 Å². The lowest BCUT2D eigenvalue weighted by atomic mass is 10.1. The first-order valence-electron chi connectivity index (χ1n) is 8.30. The van der Waals surface area contributed by atoms with Gasteiger partial charge in [-0.1, -0.05) is 18.2 Å². The van der Waals surface area contributed by atoms with Crippen molar-refractivity contribution in [2.24, 2.45) is 0 Å². The molecule has 0 radical (unpaired) electrons. The SMILES string of the molecule is COc1ccccc1CC(=O)Nc1cnn(C[C@H]2CCCCO2)c1. The lowest BCUT2D eigenvalue weighted by molar-refractivity contribution is -0.115. The Bertz CT molecular complexity index is 678. The zero-order valence-corrected chi connectivity index (χ0v) is 13.9. The van der Waals surface area contributed by atoms with E-state index in [9.17, 15) is 4.79 Å². The second-order valence-corrected chi connectivity index (χ2v) is 5.98. The Balaban J connectivity index is 1.55. The molecule has 3 rings (SSSR count). The number of anilines is 1. The fourth-order valence-corrected chi connectivity index (χ4v) is 2.92. The Kier molecular flexibility index (Phi) is 5.48. The third kappa shape index (κ3) is 4.35. The standard InChI is InChI=1S/C18H23N3O3/c1-23-17-8-3-2-6-14(17)10-18(22)20-15-11-19-21(12-15)13-16-7-4-5-9-24-16/h2-3,6,8,11-12,16H,4-5,7,9-10,13H2,1H3,(H,20,22)/t16-/m1/s1. The number of ether oxygens (including phenoxy) is 2. The van der Waals surface area contributed by atoms with Crippen LogP contribution in [-0.4, -0.2) is 35.5 Å². The van der Waals surface area contributed by atoms with Crippen LogP contribution < -0.4 is 10.1 Å². The summed E-state index contributed by atoms with van der Waals surface area (Å²) in [6.45, 7) is 1.55. The van der Waals surface area contributed by atoms with Gasteiger partial charge in [-0.2, -0.15) is 5.10 Å². The molecule has 1 atom stereocenters. The van der Waals surface area contributed by atoms with E-state index in [-0.39, 0.29) is 18.4 Å². The van der Waals surface area contributed by atoms with Gasteiger partial charge in [-0.3, -0.25) is 9.48 Å². The number of rotatable bonds is 6. The van der Waals surface area contributed by atoms with E-state index in [2.05, 4.69) is 10.4 Å². The molecule has 1 aromatic heterocycles. The van der Waals surface area contributed by atoms with Crippen molar-refractivity contribution in [1.29, 1.82) is 0 Å². The molecule has 0 unspecified atom stereocenters. The second kappa shape index (κ2) is 7.97. The van der Waals surface area contributed by atoms with Crippen LogP contribution in [0.3, 0.4) is 0 Å². The first kappa shape index (κ1) is 16.5. The second-order valence-electron chi connectivity index (χ2n) is 5.98. The first-order chi connectivity index (χ1) is 11.7. The predicted octanol–water partition coefficient (Wildman–Crippen LogP) is 2.64. The van der Waals surface area contributed by atoms with Crippen molar-refractivity contribution in [2.45, 2.75) is 38.3 Å². The van der Waals surface area contributed by atoms with E-state index in [4.69, 9.17) is 9.47 Å². The molecule has 1 aliphatic heterocycles. The van der Waals surface area contributed by atoms with Crippen molar-refractivity contribution in [1.82, 2.24) is 9.78 Å². The Hall–Kier alpha value is -2.34. The Morgan fingerprint density at radius 2 is 2.29 bits per heavy atom. The third-order valence-electron chi connectivity index (χ3n) is 4.13. The monoisotopic (exact) mass is 329 g/mol. The molecule has 0 spiro atoms. The quantitative estimate of drug-likeness (QED) is 0.885. The minimum absolute atomic E-state index is 0.0898. The van der Waals surface area contributed by atoms with Gasteiger partial charge in [0.05, 0.1) is 38.1 Å². The van der Waals surface area contributed by atoms with E-state index in [0.29, 0.717) is 5.69 Å². The van der Waals surface area contributed by atoms with Crippen LogP contribution in [0.15, 0.2) is 36.7 Å². The summed E-state index contributed by atoms with van der Waals surface area (Å²) in [4.78, 5) is 12.2. The summed E-state index contributed by atoms with van der Waals surface area (Å²) in [5.74, 6) is 0.630. The minimum atomic E-state index is -0.0898. The van der Waals surface area contributed by atoms with Crippen molar-refractivity contribution in [3.8, 4) is 5.75 Å². The molecule has 1 saturated heterocycles. The van der Waals surface area contributed by atoms with Crippen molar-refractivity contribution in [3.63, 3.8) is 0 Å². The van der Waals surface area contributed by atoms with Crippen LogP contribution in [0.2, 0.25) is 0 Å². The zero-order chi connectivity index (χ0) is 16.8. The number of hydrogen-bond donors (Lipinski definition) is 1. The van der Waals surface area contributed by atoms with E-state index in [1.54, 1.807) is 13.3 Å². The molecule has 1 aromatic carbocycles. The molecule has 0 saturated carbocycles. The van der Waals surface area contributed by atoms with Gasteiger partial charge in [0, 0.05) is 18.4 Å². The molecule has 6 nitrogen and oxygen atoms in total. The van der Waals surface area contributed by atoms with Crippen LogP contribution >= 0.6 is 0 Å². The van der Waals surface area contributed by atoms with E-state index < -0.39 is 0 Å². The van der Waals surface area contributed by atoms with Crippen LogP contribution in [0.4, 0.5) is 5.69 Å². The maximum Gasteiger partial charge on any atom is 0.229 e. The van der Waals surface area contributed by atoms with Gasteiger partial charge in [-0.25, -0.2) is 0 Å². The summed E-state index contributed by atoms with van der Waals surface area (Å²) in [7, 11) is 1.61. The molecule has 1 N–H and O–H groups in total. The lowest BCUT2D eigenvalue weighted by Crippen LogP contribution is -2.24. The van der Waals surface area contributed by atoms with Crippen LogP contribution in [0.5, 0.6) is 5.75 Å². The summed E-state index contributed by atoms with van der Waals surface area (Å²) in [5, 5.41) is 7.18. The zero-order valence-electron chi connectivity index (χ0n) is 13.9. The van der Waals surface area contributed by atoms with Crippen LogP contribution in [0, 0.1) is 0 Å². The Labute approximate surface area is 141 Å². The number of carbonyl (C=O) groups excluding carboxylic acids is 1. The van der Waals surface area contributed by atoms with Gasteiger partial charge in [0.2, 0.25) is 5.91 Å². The number of amides is 1. The number of aromatic nitrogens is 2. The van der Waals surface area contributed by atoms with Crippen molar-refractivity contribution in [2.75, 3.05) is 19.0 Å². The summed E-state index contributed by atoms with van der Waals surface area (Å²) in [6.07, 6.45) is 7.40. The number of hydrogen-bond acceptors (Lipinski definition) is 4. The number of para-hydroxylation sites is 1. The maximum absolute atomic E-state index is 12.2. The molecule has 1 amide bonds. The van der Waals surface area contributed by atoms with Gasteiger partial charge in [-0.05, 0) is 25.3 Å². The predicted molar refractivity (Wildman–Crippen MR) is 91.1 cm³/mol. The highest BCUT2D eigenvalue weighted by Crippen LogP contribution is 2.19. The van der Waals surface area contributed by atoms with E-state index >= 15 is 0 Å². The van der Waals surface area contributed by atoms with Crippen LogP contribution in [0.1, 0.15) is 24.8 Å². The lowest BCUT2D eigenvalue weighted by Gasteiger charge is -2.22. The molecular weight excluding hydrogens is 306 g/mol. The van der Waals surface area contributed by atoms with Crippen LogP contribution in [0.25, 0.3) is 0 Å². The number of carbonyl (C=O) groups is 1. The minimum Gasteiger partial charge on any atom is -0.496 e. The highest BCUT2D eigenvalue weighted by atomic mass is 16.5. The average molecular weight is 329 g/mol. The van der Waals surface area contributed by atoms with Gasteiger partial charge in [0.25, 0.3) is 0 Å². The Morgan fingerprint density at radius 1 is 1.42 bits per heavy atom. The number of benzene rings is 1. The summed E-state index contributed by atoms with van der Waals surface area (Å²) in [5.41, 5.74) is 1.56. The summed E-state index contributed by atoms with van der Waals surface area (Å²) < 4.78 is 12.8. The molecule has 24 heavy (non-hydrogen) atoms. The van der Waals surface area contributed by atoms with Crippen molar-refractivity contribution < 1.29 is 14.3 Å². The highest BCUT2D eigenvalue weighted by Gasteiger charge is 2.15. The van der Waals surface area contributed by atoms with Gasteiger partial charge in [-0.15, -0.1) is 0 Å². The number of nitrogens with zero attached hydrogens (tertiary/aromatic N) is 2. The molecular formula is C18H23N3O3. The fourth-order valence-electron chi connectivity index (χ4n) is 2.92. The van der Waals surface area contributed by atoms with E-state index in [1.165, 1.54) is 6.42 Å². The molecule has 0 bridgehead atoms. The summed E-state index contributed by atoms with van der Waals surface area (Å²) in [6, 6.07) is 7.53. The van der Waals surface area contributed by atoms with Gasteiger partial charge < -0.3 is 14.8 Å². The highest BCUT2D eigenvalue weighted by molar-refractivity contribution is 5.92. The fraction of sp³-hybridized carbons (Fsp3) is 0.444. The topological polar surface area (TPSA) is 65.4 Å². The average Bonchev–Trinajstić information content (AvgIpc) is 3.03. The number of nitrogens with one attached hydrogen (secondary N) is 1. The largest absolute Gasteiger partial charge is 0.496 e. The van der Waals surface area contributed by atoms with Gasteiger partial charge in [0.1, 0.15) is 5.75 Å². The smallest absolute Gasteiger partial charge is 0.229 e. The molecule has 2 aromatic rings. The number of methoxy groups -OCH3 is 1. The van der Waals surface area contributed by atoms with E-state index in [0.717, 1.165) is 37.3 Å². The molecule has 6 heteroatoms. The Morgan fingerprint density at radius 3 is 3.08 bits per heavy atom. The maximum atomic E-state index is 12.2. The third-order valence-corrected chi connectivity index (χ3v) is 4.13. The van der Waals surface area contributed by atoms with Crippen LogP contribution in [-0.2, 0) is 22.5 Å². The van der Waals surface area contributed by atoms with Crippen molar-refractivity contribution >= 4 is 11.6 Å². The van der Waals surface area contributed by atoms with Gasteiger partial charge in [0.15, 0.2) is 0 Å². The molecule has 0 aliphatic carbocycles. The summed E-state index contributed by atoms with van der Waals surface area (Å²) >= 11 is 0. The molecule has 128 valence electrons. The first-order valence-corrected chi connectivity index (χ1v) is 8.30.